The van der Waals surface area contributed by atoms with Crippen molar-refractivity contribution in [3.63, 3.8) is 0 Å². The average molecular weight is 304 g/mol. The van der Waals surface area contributed by atoms with E-state index < -0.39 is 5.82 Å². The topological polar surface area (TPSA) is 21.3 Å². The molecule has 0 spiro atoms. The van der Waals surface area contributed by atoms with E-state index in [0.29, 0.717) is 17.8 Å². The highest BCUT2D eigenvalue weighted by atomic mass is 35.5. The Bertz CT molecular complexity index is 471. The summed E-state index contributed by atoms with van der Waals surface area (Å²) in [6.45, 7) is 0. The number of piperidine rings is 2. The van der Waals surface area contributed by atoms with E-state index in [2.05, 4.69) is 5.32 Å². The van der Waals surface area contributed by atoms with Crippen molar-refractivity contribution in [2.24, 2.45) is 0 Å². The van der Waals surface area contributed by atoms with Crippen molar-refractivity contribution in [2.45, 2.75) is 50.3 Å². The maximum Gasteiger partial charge on any atom is 0.143 e. The molecular formula is C14H16Cl2FNO. The normalized spacial score (nSPS) is 30.2. The lowest BCUT2D eigenvalue weighted by Crippen LogP contribution is -2.51. The van der Waals surface area contributed by atoms with Gasteiger partial charge < -0.3 is 10.1 Å². The quantitative estimate of drug-likeness (QED) is 0.827. The van der Waals surface area contributed by atoms with Crippen molar-refractivity contribution in [3.8, 4) is 5.75 Å². The van der Waals surface area contributed by atoms with Crippen LogP contribution in [0.2, 0.25) is 10.0 Å². The average Bonchev–Trinajstić information content (AvgIpc) is 2.39. The smallest absolute Gasteiger partial charge is 0.143 e. The molecule has 0 radical (unpaired) electrons. The fourth-order valence-corrected chi connectivity index (χ4v) is 3.44. The minimum absolute atomic E-state index is 0.0618. The van der Waals surface area contributed by atoms with Gasteiger partial charge in [-0.1, -0.05) is 29.6 Å². The lowest BCUT2D eigenvalue weighted by atomic mass is 9.85. The molecule has 0 aliphatic carbocycles. The van der Waals surface area contributed by atoms with E-state index in [1.54, 1.807) is 6.07 Å². The third-order valence-electron chi connectivity index (χ3n) is 3.96. The highest BCUT2D eigenvalue weighted by molar-refractivity contribution is 6.43. The van der Waals surface area contributed by atoms with E-state index in [4.69, 9.17) is 27.9 Å². The fraction of sp³-hybridized carbons (Fsp3) is 0.571. The summed E-state index contributed by atoms with van der Waals surface area (Å²) in [6, 6.07) is 3.92. The van der Waals surface area contributed by atoms with Crippen LogP contribution >= 0.6 is 23.2 Å². The van der Waals surface area contributed by atoms with Crippen LogP contribution in [0.15, 0.2) is 12.1 Å². The third kappa shape index (κ3) is 2.83. The van der Waals surface area contributed by atoms with Gasteiger partial charge in [-0.05, 0) is 37.8 Å². The zero-order valence-corrected chi connectivity index (χ0v) is 12.0. The first-order valence-corrected chi connectivity index (χ1v) is 7.45. The zero-order chi connectivity index (χ0) is 13.4. The van der Waals surface area contributed by atoms with Gasteiger partial charge >= 0.3 is 0 Å². The first kappa shape index (κ1) is 13.5. The van der Waals surface area contributed by atoms with Crippen LogP contribution in [-0.2, 0) is 0 Å². The number of halogens is 3. The molecule has 5 heteroatoms. The molecule has 2 heterocycles. The summed E-state index contributed by atoms with van der Waals surface area (Å²) in [7, 11) is 0. The molecule has 1 aromatic rings. The molecule has 2 saturated heterocycles. The summed E-state index contributed by atoms with van der Waals surface area (Å²) in [4.78, 5) is 0. The van der Waals surface area contributed by atoms with Crippen molar-refractivity contribution in [1.82, 2.24) is 5.32 Å². The van der Waals surface area contributed by atoms with E-state index in [-0.39, 0.29) is 16.1 Å². The molecule has 2 nitrogen and oxygen atoms in total. The monoisotopic (exact) mass is 303 g/mol. The van der Waals surface area contributed by atoms with Gasteiger partial charge in [0.15, 0.2) is 0 Å². The second kappa shape index (κ2) is 5.47. The number of nitrogens with one attached hydrogen (secondary N) is 1. The van der Waals surface area contributed by atoms with E-state index in [1.807, 2.05) is 0 Å². The fourth-order valence-electron chi connectivity index (χ4n) is 3.09. The highest BCUT2D eigenvalue weighted by Gasteiger charge is 2.32. The van der Waals surface area contributed by atoms with Crippen LogP contribution in [0, 0.1) is 5.82 Å². The van der Waals surface area contributed by atoms with Crippen LogP contribution in [0.3, 0.4) is 0 Å². The van der Waals surface area contributed by atoms with Crippen LogP contribution in [0.1, 0.15) is 32.1 Å². The lowest BCUT2D eigenvalue weighted by molar-refractivity contribution is 0.0927. The molecule has 1 N–H and O–H groups in total. The van der Waals surface area contributed by atoms with Gasteiger partial charge in [-0.15, -0.1) is 0 Å². The summed E-state index contributed by atoms with van der Waals surface area (Å²) in [5, 5.41) is 3.71. The van der Waals surface area contributed by atoms with Gasteiger partial charge in [0.25, 0.3) is 0 Å². The van der Waals surface area contributed by atoms with Gasteiger partial charge in [0.05, 0.1) is 5.02 Å². The predicted octanol–water partition coefficient (Wildman–Crippen LogP) is 4.18. The Kier molecular flexibility index (Phi) is 3.88. The number of fused-ring (bicyclic) bond motifs is 2. The number of hydrogen-bond donors (Lipinski definition) is 1. The first-order valence-electron chi connectivity index (χ1n) is 6.69. The Labute approximate surface area is 122 Å². The van der Waals surface area contributed by atoms with Crippen LogP contribution in [0.4, 0.5) is 4.39 Å². The van der Waals surface area contributed by atoms with Gasteiger partial charge in [-0.2, -0.15) is 0 Å². The standard InChI is InChI=1S/C14H16Cl2FNO/c15-13-11(17)4-5-12(14(13)16)19-10-6-8-2-1-3-9(7-10)18-8/h4-5,8-10,18H,1-3,6-7H2/t8-,9+,10-. The van der Waals surface area contributed by atoms with Crippen LogP contribution < -0.4 is 10.1 Å². The molecule has 0 amide bonds. The van der Waals surface area contributed by atoms with Gasteiger partial charge in [-0.25, -0.2) is 4.39 Å². The second-order valence-corrected chi connectivity index (χ2v) is 6.13. The summed E-state index contributed by atoms with van der Waals surface area (Å²) in [5.74, 6) is -0.0285. The van der Waals surface area contributed by atoms with E-state index in [1.165, 1.54) is 25.3 Å². The molecule has 0 saturated carbocycles. The molecule has 3 rings (SSSR count). The molecular weight excluding hydrogens is 288 g/mol. The Hall–Kier alpha value is -0.510. The number of ether oxygens (including phenoxy) is 1. The molecule has 3 atom stereocenters. The van der Waals surface area contributed by atoms with Gasteiger partial charge in [-0.3, -0.25) is 0 Å². The molecule has 2 bridgehead atoms. The van der Waals surface area contributed by atoms with Crippen LogP contribution in [0.5, 0.6) is 5.75 Å². The SMILES string of the molecule is Fc1ccc(O[C@@H]2C[C@H]3CCC[C@@H](C2)N3)c(Cl)c1Cl. The molecule has 1 aromatic carbocycles. The van der Waals surface area contributed by atoms with E-state index in [0.717, 1.165) is 12.8 Å². The largest absolute Gasteiger partial charge is 0.489 e. The van der Waals surface area contributed by atoms with Crippen molar-refractivity contribution in [1.29, 1.82) is 0 Å². The van der Waals surface area contributed by atoms with Crippen molar-refractivity contribution >= 4 is 23.2 Å². The minimum atomic E-state index is -0.513. The Balaban J connectivity index is 1.73. The second-order valence-electron chi connectivity index (χ2n) is 5.38. The molecule has 2 aliphatic rings. The summed E-state index contributed by atoms with van der Waals surface area (Å²) in [6.07, 6.45) is 5.78. The Morgan fingerprint density at radius 1 is 1.11 bits per heavy atom. The van der Waals surface area contributed by atoms with E-state index >= 15 is 0 Å². The van der Waals surface area contributed by atoms with Crippen LogP contribution in [-0.4, -0.2) is 18.2 Å². The number of benzene rings is 1. The van der Waals surface area contributed by atoms with Crippen molar-refractivity contribution in [2.75, 3.05) is 0 Å². The highest BCUT2D eigenvalue weighted by Crippen LogP contribution is 2.36. The lowest BCUT2D eigenvalue weighted by Gasteiger charge is -2.40. The van der Waals surface area contributed by atoms with Crippen molar-refractivity contribution < 1.29 is 9.13 Å². The molecule has 0 aromatic heterocycles. The third-order valence-corrected chi connectivity index (χ3v) is 4.81. The number of rotatable bonds is 2. The molecule has 104 valence electrons. The summed E-state index contributed by atoms with van der Waals surface area (Å²) in [5.41, 5.74) is 0. The van der Waals surface area contributed by atoms with Crippen molar-refractivity contribution in [3.05, 3.63) is 28.0 Å². The van der Waals surface area contributed by atoms with Gasteiger partial charge in [0, 0.05) is 12.1 Å². The molecule has 2 aliphatic heterocycles. The summed E-state index contributed by atoms with van der Waals surface area (Å²) < 4.78 is 19.2. The minimum Gasteiger partial charge on any atom is -0.489 e. The van der Waals surface area contributed by atoms with Gasteiger partial charge in [0.1, 0.15) is 22.7 Å². The van der Waals surface area contributed by atoms with Crippen LogP contribution in [0.25, 0.3) is 0 Å². The maximum atomic E-state index is 13.2. The van der Waals surface area contributed by atoms with E-state index in [9.17, 15) is 4.39 Å². The molecule has 2 fully saturated rings. The summed E-state index contributed by atoms with van der Waals surface area (Å²) >= 11 is 11.8. The predicted molar refractivity (Wildman–Crippen MR) is 74.6 cm³/mol. The Morgan fingerprint density at radius 2 is 1.79 bits per heavy atom. The number of hydrogen-bond acceptors (Lipinski definition) is 2. The molecule has 19 heavy (non-hydrogen) atoms. The Morgan fingerprint density at radius 3 is 2.47 bits per heavy atom. The molecule has 0 unspecified atom stereocenters. The maximum absolute atomic E-state index is 13.2. The van der Waals surface area contributed by atoms with Gasteiger partial charge in [0.2, 0.25) is 0 Å². The first-order chi connectivity index (χ1) is 9.13. The zero-order valence-electron chi connectivity index (χ0n) is 10.5.